The van der Waals surface area contributed by atoms with Crippen LogP contribution in [-0.4, -0.2) is 6.10 Å². The van der Waals surface area contributed by atoms with Crippen LogP contribution >= 0.6 is 0 Å². The summed E-state index contributed by atoms with van der Waals surface area (Å²) in [5.41, 5.74) is 1.26. The molecule has 0 radical (unpaired) electrons. The Bertz CT molecular complexity index is 280. The van der Waals surface area contributed by atoms with E-state index >= 15 is 0 Å². The van der Waals surface area contributed by atoms with Gasteiger partial charge in [-0.3, -0.25) is 0 Å². The van der Waals surface area contributed by atoms with E-state index in [1.807, 2.05) is 6.07 Å². The lowest BCUT2D eigenvalue weighted by molar-refractivity contribution is -0.0244. The zero-order chi connectivity index (χ0) is 9.31. The molecule has 2 rings (SSSR count). The molecule has 2 unspecified atom stereocenters. The summed E-state index contributed by atoms with van der Waals surface area (Å²) in [5, 5.41) is 0. The summed E-state index contributed by atoms with van der Waals surface area (Å²) in [7, 11) is 0. The fourth-order valence-electron chi connectivity index (χ4n) is 2.04. The first-order chi connectivity index (χ1) is 6.21. The van der Waals surface area contributed by atoms with Crippen LogP contribution in [0.15, 0.2) is 30.3 Å². The second-order valence-electron chi connectivity index (χ2n) is 4.06. The third-order valence-corrected chi connectivity index (χ3v) is 2.87. The van der Waals surface area contributed by atoms with Crippen LogP contribution in [0.3, 0.4) is 0 Å². The lowest BCUT2D eigenvalue weighted by atomic mass is 9.93. The number of ether oxygens (including phenoxy) is 1. The van der Waals surface area contributed by atoms with Crippen LogP contribution in [0.2, 0.25) is 0 Å². The van der Waals surface area contributed by atoms with Crippen molar-refractivity contribution >= 4 is 0 Å². The van der Waals surface area contributed by atoms with Crippen molar-refractivity contribution in [3.8, 4) is 0 Å². The maximum atomic E-state index is 5.93. The van der Waals surface area contributed by atoms with Gasteiger partial charge in [0.05, 0.1) is 11.7 Å². The predicted molar refractivity (Wildman–Crippen MR) is 53.6 cm³/mol. The van der Waals surface area contributed by atoms with Crippen molar-refractivity contribution in [2.24, 2.45) is 0 Å². The Kier molecular flexibility index (Phi) is 2.12. The van der Waals surface area contributed by atoms with E-state index in [-0.39, 0.29) is 5.60 Å². The SMILES string of the molecule is CC1CCC(C)(c2ccccc2)O1. The second-order valence-corrected chi connectivity index (χ2v) is 4.06. The summed E-state index contributed by atoms with van der Waals surface area (Å²) >= 11 is 0. The van der Waals surface area contributed by atoms with Gasteiger partial charge in [0, 0.05) is 0 Å². The van der Waals surface area contributed by atoms with Crippen LogP contribution in [0.1, 0.15) is 32.3 Å². The standard InChI is InChI=1S/C12H16O/c1-10-8-9-12(2,13-10)11-6-4-3-5-7-11/h3-7,10H,8-9H2,1-2H3. The summed E-state index contributed by atoms with van der Waals surface area (Å²) in [5.74, 6) is 0. The Morgan fingerprint density at radius 1 is 1.31 bits per heavy atom. The van der Waals surface area contributed by atoms with Gasteiger partial charge in [0.1, 0.15) is 0 Å². The number of hydrogen-bond acceptors (Lipinski definition) is 1. The van der Waals surface area contributed by atoms with Crippen molar-refractivity contribution in [2.75, 3.05) is 0 Å². The third-order valence-electron chi connectivity index (χ3n) is 2.87. The minimum absolute atomic E-state index is 0.0410. The maximum absolute atomic E-state index is 5.93. The largest absolute Gasteiger partial charge is 0.368 e. The van der Waals surface area contributed by atoms with Gasteiger partial charge in [0.15, 0.2) is 0 Å². The summed E-state index contributed by atoms with van der Waals surface area (Å²) in [4.78, 5) is 0. The molecule has 0 N–H and O–H groups in total. The van der Waals surface area contributed by atoms with E-state index in [9.17, 15) is 0 Å². The van der Waals surface area contributed by atoms with E-state index in [2.05, 4.69) is 38.1 Å². The summed E-state index contributed by atoms with van der Waals surface area (Å²) < 4.78 is 5.93. The van der Waals surface area contributed by atoms with Crippen LogP contribution < -0.4 is 0 Å². The molecular weight excluding hydrogens is 160 g/mol. The number of hydrogen-bond donors (Lipinski definition) is 0. The molecule has 1 aromatic rings. The first-order valence-electron chi connectivity index (χ1n) is 4.94. The molecule has 2 atom stereocenters. The minimum Gasteiger partial charge on any atom is -0.368 e. The lowest BCUT2D eigenvalue weighted by Gasteiger charge is -2.24. The van der Waals surface area contributed by atoms with Crippen molar-refractivity contribution in [1.29, 1.82) is 0 Å². The smallest absolute Gasteiger partial charge is 0.0907 e. The minimum atomic E-state index is -0.0410. The fraction of sp³-hybridized carbons (Fsp3) is 0.500. The van der Waals surface area contributed by atoms with E-state index in [1.54, 1.807) is 0 Å². The maximum Gasteiger partial charge on any atom is 0.0907 e. The quantitative estimate of drug-likeness (QED) is 0.639. The van der Waals surface area contributed by atoms with E-state index in [0.29, 0.717) is 6.10 Å². The molecule has 1 aliphatic heterocycles. The molecule has 1 heteroatoms. The van der Waals surface area contributed by atoms with E-state index in [4.69, 9.17) is 4.74 Å². The summed E-state index contributed by atoms with van der Waals surface area (Å²) in [6.07, 6.45) is 2.72. The molecule has 0 amide bonds. The monoisotopic (exact) mass is 176 g/mol. The molecule has 1 nitrogen and oxygen atoms in total. The van der Waals surface area contributed by atoms with Gasteiger partial charge in [-0.25, -0.2) is 0 Å². The summed E-state index contributed by atoms with van der Waals surface area (Å²) in [6.45, 7) is 4.33. The molecule has 1 aromatic carbocycles. The van der Waals surface area contributed by atoms with Gasteiger partial charge in [-0.15, -0.1) is 0 Å². The highest BCUT2D eigenvalue weighted by atomic mass is 16.5. The highest BCUT2D eigenvalue weighted by Crippen LogP contribution is 2.38. The third kappa shape index (κ3) is 1.61. The Labute approximate surface area is 79.7 Å². The molecule has 0 bridgehead atoms. The Hall–Kier alpha value is -0.820. The Balaban J connectivity index is 2.26. The highest BCUT2D eigenvalue weighted by molar-refractivity contribution is 5.22. The van der Waals surface area contributed by atoms with Gasteiger partial charge in [-0.05, 0) is 32.3 Å². The van der Waals surface area contributed by atoms with Crippen LogP contribution in [0.25, 0.3) is 0 Å². The van der Waals surface area contributed by atoms with Gasteiger partial charge >= 0.3 is 0 Å². The molecule has 1 fully saturated rings. The lowest BCUT2D eigenvalue weighted by Crippen LogP contribution is -2.21. The van der Waals surface area contributed by atoms with Crippen LogP contribution in [-0.2, 0) is 10.3 Å². The van der Waals surface area contributed by atoms with Crippen LogP contribution in [0.5, 0.6) is 0 Å². The van der Waals surface area contributed by atoms with Gasteiger partial charge < -0.3 is 4.74 Å². The molecule has 0 aliphatic carbocycles. The molecule has 70 valence electrons. The fourth-order valence-corrected chi connectivity index (χ4v) is 2.04. The molecule has 0 saturated carbocycles. The first kappa shape index (κ1) is 8.76. The highest BCUT2D eigenvalue weighted by Gasteiger charge is 2.35. The normalized spacial score (nSPS) is 33.5. The molecule has 1 saturated heterocycles. The van der Waals surface area contributed by atoms with Gasteiger partial charge in [0.2, 0.25) is 0 Å². The van der Waals surface area contributed by atoms with Gasteiger partial charge in [-0.2, -0.15) is 0 Å². The first-order valence-corrected chi connectivity index (χ1v) is 4.94. The Morgan fingerprint density at radius 3 is 2.54 bits per heavy atom. The molecule has 0 spiro atoms. The van der Waals surface area contributed by atoms with E-state index in [1.165, 1.54) is 12.0 Å². The van der Waals surface area contributed by atoms with Gasteiger partial charge in [0.25, 0.3) is 0 Å². The van der Waals surface area contributed by atoms with E-state index in [0.717, 1.165) is 6.42 Å². The van der Waals surface area contributed by atoms with Crippen molar-refractivity contribution in [3.63, 3.8) is 0 Å². The molecule has 0 aromatic heterocycles. The summed E-state index contributed by atoms with van der Waals surface area (Å²) in [6, 6.07) is 10.5. The number of benzene rings is 1. The van der Waals surface area contributed by atoms with Crippen molar-refractivity contribution < 1.29 is 4.74 Å². The molecular formula is C12H16O. The van der Waals surface area contributed by atoms with Crippen molar-refractivity contribution in [2.45, 2.75) is 38.4 Å². The zero-order valence-electron chi connectivity index (χ0n) is 8.29. The van der Waals surface area contributed by atoms with Crippen LogP contribution in [0.4, 0.5) is 0 Å². The number of rotatable bonds is 1. The molecule has 1 heterocycles. The zero-order valence-corrected chi connectivity index (χ0v) is 8.29. The van der Waals surface area contributed by atoms with Crippen molar-refractivity contribution in [1.82, 2.24) is 0 Å². The van der Waals surface area contributed by atoms with E-state index < -0.39 is 0 Å². The topological polar surface area (TPSA) is 9.23 Å². The second kappa shape index (κ2) is 3.15. The van der Waals surface area contributed by atoms with Crippen molar-refractivity contribution in [3.05, 3.63) is 35.9 Å². The molecule has 1 aliphatic rings. The molecule has 13 heavy (non-hydrogen) atoms. The predicted octanol–water partition coefficient (Wildman–Crippen LogP) is 3.10. The van der Waals surface area contributed by atoms with Gasteiger partial charge in [-0.1, -0.05) is 30.3 Å². The Morgan fingerprint density at radius 2 is 2.00 bits per heavy atom. The average Bonchev–Trinajstić information content (AvgIpc) is 2.49. The van der Waals surface area contributed by atoms with Crippen LogP contribution in [0, 0.1) is 0 Å². The average molecular weight is 176 g/mol.